The number of piperidine rings is 1. The number of carbonyl (C=O) groups is 3. The van der Waals surface area contributed by atoms with Gasteiger partial charge < -0.3 is 19.6 Å². The Kier molecular flexibility index (Phi) is 9.45. The minimum atomic E-state index is -0.537. The number of amides is 3. The molecule has 3 saturated heterocycles. The van der Waals surface area contributed by atoms with E-state index in [1.165, 1.54) is 0 Å². The van der Waals surface area contributed by atoms with Crippen LogP contribution in [0.1, 0.15) is 47.7 Å². The van der Waals surface area contributed by atoms with E-state index >= 15 is 0 Å². The van der Waals surface area contributed by atoms with Crippen molar-refractivity contribution in [3.05, 3.63) is 62.9 Å². The highest BCUT2D eigenvalue weighted by Crippen LogP contribution is 2.34. The first-order valence-electron chi connectivity index (χ1n) is 14.8. The van der Waals surface area contributed by atoms with Crippen LogP contribution in [-0.4, -0.2) is 84.8 Å². The molecule has 3 aliphatic heterocycles. The van der Waals surface area contributed by atoms with Crippen LogP contribution < -0.4 is 4.90 Å². The Balaban J connectivity index is 1.17. The van der Waals surface area contributed by atoms with Gasteiger partial charge in [0.05, 0.1) is 10.6 Å². The fourth-order valence-corrected chi connectivity index (χ4v) is 7.08. The maximum atomic E-state index is 14.7. The van der Waals surface area contributed by atoms with Gasteiger partial charge in [-0.1, -0.05) is 35.3 Å². The third kappa shape index (κ3) is 6.46. The number of carbonyl (C=O) groups excluding carboxylic acids is 3. The van der Waals surface area contributed by atoms with Crippen molar-refractivity contribution in [2.24, 2.45) is 17.8 Å². The van der Waals surface area contributed by atoms with Gasteiger partial charge in [-0.15, -0.1) is 0 Å². The number of likely N-dealkylation sites (tertiary alicyclic amines) is 3. The van der Waals surface area contributed by atoms with Crippen molar-refractivity contribution in [1.29, 1.82) is 0 Å². The molecule has 0 N–H and O–H groups in total. The summed E-state index contributed by atoms with van der Waals surface area (Å²) in [6, 6.07) is 8.94. The number of benzene rings is 2. The molecule has 5 rings (SSSR count). The minimum Gasteiger partial charge on any atom is -0.343 e. The Labute approximate surface area is 257 Å². The fraction of sp³-hybridized carbons (Fsp3) is 0.531. The summed E-state index contributed by atoms with van der Waals surface area (Å²) in [5.41, 5.74) is 2.15. The van der Waals surface area contributed by atoms with E-state index in [9.17, 15) is 18.8 Å². The first-order chi connectivity index (χ1) is 20.0. The zero-order valence-corrected chi connectivity index (χ0v) is 26.1. The lowest BCUT2D eigenvalue weighted by molar-refractivity contribution is -0.133. The second-order valence-corrected chi connectivity index (χ2v) is 12.9. The van der Waals surface area contributed by atoms with Gasteiger partial charge in [0.25, 0.3) is 5.91 Å². The highest BCUT2D eigenvalue weighted by molar-refractivity contribution is 6.34. The van der Waals surface area contributed by atoms with Crippen LogP contribution >= 0.6 is 23.2 Å². The Hall–Kier alpha value is -2.68. The van der Waals surface area contributed by atoms with Crippen molar-refractivity contribution in [3.63, 3.8) is 0 Å². The summed E-state index contributed by atoms with van der Waals surface area (Å²) >= 11 is 12.7. The molecule has 0 aliphatic carbocycles. The van der Waals surface area contributed by atoms with Gasteiger partial charge >= 0.3 is 0 Å². The number of rotatable bonds is 7. The molecule has 0 saturated carbocycles. The predicted molar refractivity (Wildman–Crippen MR) is 164 cm³/mol. The SMILES string of the molecule is CC(=O)N1CCC(C(=O)N(CCCN2CC3CN(C(=O)c4c(Cl)ccc(C)c4F)CC3C2)c2ccc(C)c(Cl)c2)CC1. The summed E-state index contributed by atoms with van der Waals surface area (Å²) < 4.78 is 14.7. The van der Waals surface area contributed by atoms with E-state index in [2.05, 4.69) is 4.90 Å². The van der Waals surface area contributed by atoms with Crippen LogP contribution in [0.2, 0.25) is 10.0 Å². The third-order valence-corrected chi connectivity index (χ3v) is 9.95. The highest BCUT2D eigenvalue weighted by atomic mass is 35.5. The molecule has 42 heavy (non-hydrogen) atoms. The highest BCUT2D eigenvalue weighted by Gasteiger charge is 2.42. The van der Waals surface area contributed by atoms with Gasteiger partial charge in [-0.05, 0) is 80.8 Å². The second-order valence-electron chi connectivity index (χ2n) is 12.1. The first kappa shape index (κ1) is 30.8. The van der Waals surface area contributed by atoms with Crippen LogP contribution in [0.5, 0.6) is 0 Å². The number of hydrogen-bond donors (Lipinski definition) is 0. The lowest BCUT2D eigenvalue weighted by atomic mass is 9.94. The Morgan fingerprint density at radius 1 is 0.905 bits per heavy atom. The Bertz CT molecular complexity index is 1350. The smallest absolute Gasteiger partial charge is 0.258 e. The summed E-state index contributed by atoms with van der Waals surface area (Å²) in [7, 11) is 0. The molecule has 226 valence electrons. The molecule has 0 radical (unpaired) electrons. The van der Waals surface area contributed by atoms with E-state index in [1.807, 2.05) is 34.9 Å². The summed E-state index contributed by atoms with van der Waals surface area (Å²) in [6.45, 7) is 10.7. The van der Waals surface area contributed by atoms with E-state index in [-0.39, 0.29) is 34.2 Å². The molecule has 3 aliphatic rings. The van der Waals surface area contributed by atoms with Crippen LogP contribution in [0.3, 0.4) is 0 Å². The number of halogens is 3. The molecule has 2 aromatic carbocycles. The Morgan fingerprint density at radius 2 is 1.55 bits per heavy atom. The lowest BCUT2D eigenvalue weighted by Crippen LogP contribution is -2.44. The number of nitrogens with zero attached hydrogens (tertiary/aromatic N) is 4. The van der Waals surface area contributed by atoms with Crippen LogP contribution in [-0.2, 0) is 9.59 Å². The van der Waals surface area contributed by atoms with Gasteiger partial charge in [-0.25, -0.2) is 4.39 Å². The molecule has 0 spiro atoms. The number of anilines is 1. The average Bonchev–Trinajstić information content (AvgIpc) is 3.54. The number of aryl methyl sites for hydroxylation is 2. The zero-order chi connectivity index (χ0) is 30.1. The normalized spacial score (nSPS) is 21.1. The Morgan fingerprint density at radius 3 is 2.17 bits per heavy atom. The van der Waals surface area contributed by atoms with E-state index in [0.29, 0.717) is 68.0 Å². The number of hydrogen-bond acceptors (Lipinski definition) is 4. The summed E-state index contributed by atoms with van der Waals surface area (Å²) in [6.07, 6.45) is 2.13. The molecule has 3 fully saturated rings. The van der Waals surface area contributed by atoms with Crippen LogP contribution in [0, 0.1) is 37.4 Å². The molecule has 2 atom stereocenters. The topological polar surface area (TPSA) is 64.2 Å². The molecule has 0 bridgehead atoms. The quantitative estimate of drug-likeness (QED) is 0.416. The third-order valence-electron chi connectivity index (χ3n) is 9.23. The molecular weight excluding hydrogens is 578 g/mol. The summed E-state index contributed by atoms with van der Waals surface area (Å²) in [4.78, 5) is 46.5. The van der Waals surface area contributed by atoms with Crippen molar-refractivity contribution in [1.82, 2.24) is 14.7 Å². The van der Waals surface area contributed by atoms with Crippen molar-refractivity contribution in [3.8, 4) is 0 Å². The van der Waals surface area contributed by atoms with Crippen molar-refractivity contribution in [2.45, 2.75) is 40.0 Å². The van der Waals surface area contributed by atoms with Gasteiger partial charge in [0.2, 0.25) is 11.8 Å². The van der Waals surface area contributed by atoms with E-state index in [4.69, 9.17) is 23.2 Å². The molecule has 7 nitrogen and oxygen atoms in total. The monoisotopic (exact) mass is 616 g/mol. The van der Waals surface area contributed by atoms with E-state index < -0.39 is 5.82 Å². The van der Waals surface area contributed by atoms with Gasteiger partial charge in [0, 0.05) is 69.4 Å². The minimum absolute atomic E-state index is 0.0265. The van der Waals surface area contributed by atoms with Crippen molar-refractivity contribution >= 4 is 46.6 Å². The molecule has 2 unspecified atom stereocenters. The fourth-order valence-electron chi connectivity index (χ4n) is 6.68. The summed E-state index contributed by atoms with van der Waals surface area (Å²) in [5.74, 6) is -0.181. The molecule has 2 aromatic rings. The molecular formula is C32H39Cl2FN4O3. The summed E-state index contributed by atoms with van der Waals surface area (Å²) in [5, 5.41) is 0.787. The molecule has 10 heteroatoms. The largest absolute Gasteiger partial charge is 0.343 e. The standard InChI is InChI=1S/C32H39Cl2FN4O3/c1-20-5-7-26(15-28(20)34)39(31(41)23-9-13-37(14-10-23)22(3)40)12-4-11-36-16-24-18-38(19-25(24)17-36)32(42)29-27(33)8-6-21(2)30(29)35/h5-8,15,23-25H,4,9-14,16-19H2,1-3H3. The van der Waals surface area contributed by atoms with Crippen LogP contribution in [0.4, 0.5) is 10.1 Å². The van der Waals surface area contributed by atoms with E-state index in [1.54, 1.807) is 30.9 Å². The van der Waals surface area contributed by atoms with Gasteiger partial charge in [0.1, 0.15) is 5.82 Å². The van der Waals surface area contributed by atoms with Gasteiger partial charge in [0.15, 0.2) is 0 Å². The predicted octanol–water partition coefficient (Wildman–Crippen LogP) is 5.43. The second kappa shape index (κ2) is 12.9. The maximum absolute atomic E-state index is 14.7. The van der Waals surface area contributed by atoms with Crippen molar-refractivity contribution < 1.29 is 18.8 Å². The average molecular weight is 618 g/mol. The van der Waals surface area contributed by atoms with Crippen LogP contribution in [0.15, 0.2) is 30.3 Å². The molecule has 3 heterocycles. The zero-order valence-electron chi connectivity index (χ0n) is 24.5. The van der Waals surface area contributed by atoms with E-state index in [0.717, 1.165) is 37.3 Å². The first-order valence-corrected chi connectivity index (χ1v) is 15.6. The van der Waals surface area contributed by atoms with Gasteiger partial charge in [-0.2, -0.15) is 0 Å². The maximum Gasteiger partial charge on any atom is 0.258 e. The molecule has 3 amide bonds. The van der Waals surface area contributed by atoms with Crippen LogP contribution in [0.25, 0.3) is 0 Å². The lowest BCUT2D eigenvalue weighted by Gasteiger charge is -2.34. The van der Waals surface area contributed by atoms with Crippen molar-refractivity contribution in [2.75, 3.05) is 57.3 Å². The van der Waals surface area contributed by atoms with Gasteiger partial charge in [-0.3, -0.25) is 14.4 Å². The number of fused-ring (bicyclic) bond motifs is 1. The molecule has 0 aromatic heterocycles.